The van der Waals surface area contributed by atoms with E-state index in [1.165, 1.54) is 19.5 Å². The monoisotopic (exact) mass is 183 g/mol. The van der Waals surface area contributed by atoms with E-state index in [0.717, 1.165) is 0 Å². The van der Waals surface area contributed by atoms with Gasteiger partial charge in [0.1, 0.15) is 12.4 Å². The van der Waals surface area contributed by atoms with Crippen LogP contribution in [0.3, 0.4) is 0 Å². The number of esters is 1. The number of hydrogen-bond acceptors (Lipinski definition) is 5. The number of nitrogens with one attached hydrogen (secondary N) is 2. The molecule has 1 aromatic heterocycles. The molecule has 0 aliphatic heterocycles. The summed E-state index contributed by atoms with van der Waals surface area (Å²) in [7, 11) is 1.29. The zero-order valence-electron chi connectivity index (χ0n) is 7.03. The van der Waals surface area contributed by atoms with E-state index in [4.69, 9.17) is 0 Å². The molecule has 1 rings (SSSR count). The van der Waals surface area contributed by atoms with Gasteiger partial charge in [0.2, 0.25) is 0 Å². The molecule has 0 saturated carbocycles. The summed E-state index contributed by atoms with van der Waals surface area (Å²) in [6, 6.07) is 1.25. The molecule has 0 fully saturated rings. The fourth-order valence-corrected chi connectivity index (χ4v) is 0.700. The highest BCUT2D eigenvalue weighted by atomic mass is 16.5. The van der Waals surface area contributed by atoms with Crippen molar-refractivity contribution in [3.63, 3.8) is 0 Å². The van der Waals surface area contributed by atoms with Crippen molar-refractivity contribution in [2.75, 3.05) is 19.0 Å². The molecule has 0 radical (unpaired) electrons. The first-order chi connectivity index (χ1) is 6.22. The SMILES string of the molecule is COC(=O)CNc1cc(=O)[nH]cn1. The number of ether oxygens (including phenoxy) is 1. The van der Waals surface area contributed by atoms with Gasteiger partial charge in [-0.1, -0.05) is 0 Å². The molecule has 0 aliphatic carbocycles. The number of anilines is 1. The fourth-order valence-electron chi connectivity index (χ4n) is 0.700. The summed E-state index contributed by atoms with van der Waals surface area (Å²) >= 11 is 0. The van der Waals surface area contributed by atoms with Crippen LogP contribution in [0.2, 0.25) is 0 Å². The summed E-state index contributed by atoms with van der Waals surface area (Å²) in [6.07, 6.45) is 1.25. The summed E-state index contributed by atoms with van der Waals surface area (Å²) in [5, 5.41) is 2.63. The zero-order chi connectivity index (χ0) is 9.68. The standard InChI is InChI=1S/C7H9N3O3/c1-13-7(12)3-8-5-2-6(11)10-4-9-5/h2,4H,3H2,1H3,(H2,8,9,10,11). The maximum Gasteiger partial charge on any atom is 0.325 e. The highest BCUT2D eigenvalue weighted by Gasteiger charge is 1.99. The molecule has 0 aliphatic rings. The van der Waals surface area contributed by atoms with Crippen LogP contribution in [0.15, 0.2) is 17.2 Å². The van der Waals surface area contributed by atoms with Crippen LogP contribution < -0.4 is 10.9 Å². The summed E-state index contributed by atoms with van der Waals surface area (Å²) < 4.78 is 4.39. The number of aromatic amines is 1. The van der Waals surface area contributed by atoms with E-state index in [-0.39, 0.29) is 12.1 Å². The predicted molar refractivity (Wildman–Crippen MR) is 45.4 cm³/mol. The van der Waals surface area contributed by atoms with Gasteiger partial charge in [0.05, 0.1) is 13.4 Å². The number of carbonyl (C=O) groups is 1. The van der Waals surface area contributed by atoms with Crippen LogP contribution >= 0.6 is 0 Å². The highest BCUT2D eigenvalue weighted by Crippen LogP contribution is 1.93. The van der Waals surface area contributed by atoms with E-state index >= 15 is 0 Å². The van der Waals surface area contributed by atoms with E-state index in [0.29, 0.717) is 5.82 Å². The van der Waals surface area contributed by atoms with E-state index in [1.54, 1.807) is 0 Å². The predicted octanol–water partition coefficient (Wildman–Crippen LogP) is -0.645. The van der Waals surface area contributed by atoms with Gasteiger partial charge < -0.3 is 15.0 Å². The molecule has 0 unspecified atom stereocenters. The second-order valence-electron chi connectivity index (χ2n) is 2.23. The van der Waals surface area contributed by atoms with Gasteiger partial charge in [0.15, 0.2) is 0 Å². The van der Waals surface area contributed by atoms with Crippen LogP contribution in [-0.4, -0.2) is 29.6 Å². The maximum atomic E-state index is 10.8. The van der Waals surface area contributed by atoms with Crippen LogP contribution in [0.5, 0.6) is 0 Å². The topological polar surface area (TPSA) is 84.1 Å². The van der Waals surface area contributed by atoms with E-state index in [1.807, 2.05) is 0 Å². The largest absolute Gasteiger partial charge is 0.468 e. The third-order valence-corrected chi connectivity index (χ3v) is 1.32. The number of aromatic nitrogens is 2. The Balaban J connectivity index is 2.55. The van der Waals surface area contributed by atoms with Crippen molar-refractivity contribution in [3.8, 4) is 0 Å². The minimum Gasteiger partial charge on any atom is -0.468 e. The van der Waals surface area contributed by atoms with E-state index in [2.05, 4.69) is 20.0 Å². The molecule has 1 aromatic rings. The third-order valence-electron chi connectivity index (χ3n) is 1.32. The summed E-state index contributed by atoms with van der Waals surface area (Å²) in [6.45, 7) is -0.00699. The van der Waals surface area contributed by atoms with Crippen LogP contribution in [-0.2, 0) is 9.53 Å². The van der Waals surface area contributed by atoms with Crippen molar-refractivity contribution in [1.29, 1.82) is 0 Å². The Labute approximate surface area is 74.0 Å². The average molecular weight is 183 g/mol. The van der Waals surface area contributed by atoms with Gasteiger partial charge in [-0.3, -0.25) is 9.59 Å². The molecule has 2 N–H and O–H groups in total. The Morgan fingerprint density at radius 1 is 1.77 bits per heavy atom. The molecule has 0 saturated heterocycles. The Morgan fingerprint density at radius 3 is 3.15 bits per heavy atom. The molecule has 0 spiro atoms. The minimum atomic E-state index is -0.415. The van der Waals surface area contributed by atoms with Crippen LogP contribution in [0.1, 0.15) is 0 Å². The van der Waals surface area contributed by atoms with Crippen molar-refractivity contribution in [1.82, 2.24) is 9.97 Å². The highest BCUT2D eigenvalue weighted by molar-refractivity contribution is 5.74. The summed E-state index contributed by atoms with van der Waals surface area (Å²) in [4.78, 5) is 27.5. The van der Waals surface area contributed by atoms with E-state index in [9.17, 15) is 9.59 Å². The van der Waals surface area contributed by atoms with Gasteiger partial charge in [-0.05, 0) is 0 Å². The smallest absolute Gasteiger partial charge is 0.325 e. The van der Waals surface area contributed by atoms with Gasteiger partial charge >= 0.3 is 5.97 Å². The van der Waals surface area contributed by atoms with Crippen LogP contribution in [0.4, 0.5) is 5.82 Å². The average Bonchev–Trinajstić information content (AvgIpc) is 2.14. The molecule has 70 valence electrons. The molecule has 0 amide bonds. The molecular formula is C7H9N3O3. The first-order valence-corrected chi connectivity index (χ1v) is 3.58. The van der Waals surface area contributed by atoms with Crippen LogP contribution in [0, 0.1) is 0 Å². The number of H-pyrrole nitrogens is 1. The Hall–Kier alpha value is -1.85. The summed E-state index contributed by atoms with van der Waals surface area (Å²) in [5.41, 5.74) is -0.276. The second-order valence-corrected chi connectivity index (χ2v) is 2.23. The molecule has 13 heavy (non-hydrogen) atoms. The second kappa shape index (κ2) is 4.24. The lowest BCUT2D eigenvalue weighted by Gasteiger charge is -2.01. The fraction of sp³-hybridized carbons (Fsp3) is 0.286. The van der Waals surface area contributed by atoms with Crippen molar-refractivity contribution in [2.24, 2.45) is 0 Å². The quantitative estimate of drug-likeness (QED) is 0.608. The molecule has 0 bridgehead atoms. The molecular weight excluding hydrogens is 174 g/mol. The number of rotatable bonds is 3. The number of methoxy groups -OCH3 is 1. The minimum absolute atomic E-state index is 0.00699. The van der Waals surface area contributed by atoms with Gasteiger partial charge in [-0.15, -0.1) is 0 Å². The zero-order valence-corrected chi connectivity index (χ0v) is 7.03. The normalized spacial score (nSPS) is 9.31. The van der Waals surface area contributed by atoms with Crippen LogP contribution in [0.25, 0.3) is 0 Å². The lowest BCUT2D eigenvalue weighted by molar-refractivity contribution is -0.138. The van der Waals surface area contributed by atoms with Crippen molar-refractivity contribution in [3.05, 3.63) is 22.7 Å². The van der Waals surface area contributed by atoms with Gasteiger partial charge in [0.25, 0.3) is 5.56 Å². The van der Waals surface area contributed by atoms with Gasteiger partial charge in [0, 0.05) is 6.07 Å². The molecule has 0 aromatic carbocycles. The molecule has 1 heterocycles. The first-order valence-electron chi connectivity index (χ1n) is 3.58. The van der Waals surface area contributed by atoms with Crippen molar-refractivity contribution >= 4 is 11.8 Å². The maximum absolute atomic E-state index is 10.8. The Kier molecular flexibility index (Phi) is 3.02. The number of hydrogen-bond donors (Lipinski definition) is 2. The number of nitrogens with zero attached hydrogens (tertiary/aromatic N) is 1. The lowest BCUT2D eigenvalue weighted by atomic mass is 10.5. The van der Waals surface area contributed by atoms with E-state index < -0.39 is 5.97 Å². The molecule has 6 heteroatoms. The lowest BCUT2D eigenvalue weighted by Crippen LogP contribution is -2.17. The number of carbonyl (C=O) groups excluding carboxylic acids is 1. The van der Waals surface area contributed by atoms with Gasteiger partial charge in [-0.25, -0.2) is 4.98 Å². The summed E-state index contributed by atoms with van der Waals surface area (Å²) in [5.74, 6) is -0.0729. The first kappa shape index (κ1) is 9.24. The molecule has 0 atom stereocenters. The van der Waals surface area contributed by atoms with Gasteiger partial charge in [-0.2, -0.15) is 0 Å². The Morgan fingerprint density at radius 2 is 2.54 bits per heavy atom. The van der Waals surface area contributed by atoms with Crippen molar-refractivity contribution < 1.29 is 9.53 Å². The third kappa shape index (κ3) is 2.94. The molecule has 6 nitrogen and oxygen atoms in total. The Bertz CT molecular complexity index is 347. The van der Waals surface area contributed by atoms with Crippen molar-refractivity contribution in [2.45, 2.75) is 0 Å².